The van der Waals surface area contributed by atoms with Gasteiger partial charge in [0, 0.05) is 69.1 Å². The summed E-state index contributed by atoms with van der Waals surface area (Å²) >= 11 is 3.50. The number of H-pyrrole nitrogens is 3. The molecule has 0 saturated heterocycles. The van der Waals surface area contributed by atoms with E-state index in [0.717, 1.165) is 51.2 Å². The van der Waals surface area contributed by atoms with Crippen molar-refractivity contribution in [2.24, 2.45) is 0 Å². The van der Waals surface area contributed by atoms with Gasteiger partial charge in [0.2, 0.25) is 0 Å². The van der Waals surface area contributed by atoms with Gasteiger partial charge in [-0.1, -0.05) is 42.9 Å². The van der Waals surface area contributed by atoms with E-state index in [1.165, 1.54) is 59.8 Å². The van der Waals surface area contributed by atoms with E-state index in [0.29, 0.717) is 0 Å². The summed E-state index contributed by atoms with van der Waals surface area (Å²) in [6.45, 7) is 40.6. The zero-order valence-corrected chi connectivity index (χ0v) is 49.4. The molecule has 9 heterocycles. The standard InChI is InChI=1S/C8H10.2C7H9N.C6H8N2.C6H8S.3C5H8N2.C5H7NO.C5H7NS.CH4/c1-7-5-3-4-6-8(7)2;1-6-3-4-8-5-7(6)2;1-6-4-3-5-8-7(6)2;1-5-6(2)8-4-3-7-5;1-5-3-4-7-6(5)2;4*1-4-3-6-7-5(4)2;1-4-5(2)7-3-6-4;/h3-6H,1-2H3;2*3-5H,1-2H3;3-4H,1-2H3;3-4H,1-2H3;3*3H,1-2H3,(H,6,7);2*3H,1-2H3;1H4. The zero-order valence-electron chi connectivity index (χ0n) is 47.7. The van der Waals surface area contributed by atoms with Gasteiger partial charge in [-0.25, -0.2) is 4.98 Å². The number of aryl methyl sites for hydroxylation is 20. The molecule has 0 saturated carbocycles. The van der Waals surface area contributed by atoms with Gasteiger partial charge in [0.1, 0.15) is 5.76 Å². The van der Waals surface area contributed by atoms with Crippen molar-refractivity contribution in [2.45, 2.75) is 146 Å². The highest BCUT2D eigenvalue weighted by atomic mass is 32.1. The van der Waals surface area contributed by atoms with Gasteiger partial charge in [-0.15, -0.1) is 22.7 Å². The maximum atomic E-state index is 4.71. The first-order valence-electron chi connectivity index (χ1n) is 24.2. The topological polar surface area (TPSA) is 177 Å². The highest BCUT2D eigenvalue weighted by Crippen LogP contribution is 2.12. The summed E-state index contributed by atoms with van der Waals surface area (Å²) < 4.78 is 4.71. The van der Waals surface area contributed by atoms with Crippen molar-refractivity contribution >= 4 is 22.7 Å². The molecule has 3 N–H and O–H groups in total. The van der Waals surface area contributed by atoms with Gasteiger partial charge in [-0.05, 0) is 212 Å². The fraction of sp³-hybridized carbons (Fsp3) is 0.350. The minimum absolute atomic E-state index is 0. The minimum Gasteiger partial charge on any atom is -0.361 e. The van der Waals surface area contributed by atoms with Crippen LogP contribution in [0.5, 0.6) is 0 Å². The third-order valence-electron chi connectivity index (χ3n) is 11.5. The lowest BCUT2D eigenvalue weighted by Crippen LogP contribution is -1.87. The molecule has 0 bridgehead atoms. The molecule has 15 heteroatoms. The first kappa shape index (κ1) is 67.8. The summed E-state index contributed by atoms with van der Waals surface area (Å²) in [5.74, 6) is 0.903. The van der Waals surface area contributed by atoms with Crippen molar-refractivity contribution in [3.05, 3.63) is 226 Å². The molecule has 0 fully saturated rings. The van der Waals surface area contributed by atoms with E-state index in [2.05, 4.69) is 158 Å². The molecular weight excluding hydrogens is 969 g/mol. The summed E-state index contributed by atoms with van der Waals surface area (Å²) in [4.78, 5) is 22.8. The zero-order chi connectivity index (χ0) is 55.6. The van der Waals surface area contributed by atoms with Crippen LogP contribution in [0, 0.1) is 138 Å². The molecule has 404 valence electrons. The number of rotatable bonds is 0. The normalized spacial score (nSPS) is 9.23. The van der Waals surface area contributed by atoms with E-state index < -0.39 is 0 Å². The number of thiazole rings is 1. The third-order valence-corrected chi connectivity index (χ3v) is 13.3. The third kappa shape index (κ3) is 29.9. The molecule has 10 rings (SSSR count). The molecule has 13 nitrogen and oxygen atoms in total. The Morgan fingerprint density at radius 3 is 1.01 bits per heavy atom. The van der Waals surface area contributed by atoms with Crippen LogP contribution in [0.15, 0.2) is 120 Å². The van der Waals surface area contributed by atoms with Crippen LogP contribution in [0.1, 0.15) is 118 Å². The lowest BCUT2D eigenvalue weighted by Gasteiger charge is -1.93. The molecule has 0 spiro atoms. The monoisotopic (exact) mass is 1050 g/mol. The molecule has 75 heavy (non-hydrogen) atoms. The SMILES string of the molecule is C.Cc1ccccc1C.Cc1cccnc1C.Cc1ccncc1C.Cc1ccsc1C.Cc1cn[nH]c1C.Cc1cn[nH]c1C.Cc1cn[nH]c1C.Cc1cnoc1C.Cc1nccnc1C.Cc1ncsc1C. The Morgan fingerprint density at radius 2 is 0.827 bits per heavy atom. The first-order valence-corrected chi connectivity index (χ1v) is 26.0. The molecule has 1 aromatic carbocycles. The number of aromatic nitrogens is 12. The summed E-state index contributed by atoms with van der Waals surface area (Å²) in [5, 5.41) is 25.5. The highest BCUT2D eigenvalue weighted by molar-refractivity contribution is 7.10. The maximum absolute atomic E-state index is 4.71. The lowest BCUT2D eigenvalue weighted by atomic mass is 10.1. The number of nitrogens with one attached hydrogen (secondary N) is 3. The smallest absolute Gasteiger partial charge is 0.136 e. The molecule has 0 amide bonds. The Kier molecular flexibility index (Phi) is 34.7. The predicted molar refractivity (Wildman–Crippen MR) is 317 cm³/mol. The van der Waals surface area contributed by atoms with Crippen LogP contribution in [0.2, 0.25) is 0 Å². The highest BCUT2D eigenvalue weighted by Gasteiger charge is 1.93. The number of benzene rings is 1. The minimum atomic E-state index is 0. The van der Waals surface area contributed by atoms with Gasteiger partial charge in [0.25, 0.3) is 0 Å². The van der Waals surface area contributed by atoms with Gasteiger partial charge in [0.15, 0.2) is 0 Å². The average Bonchev–Trinajstić information content (AvgIpc) is 4.27. The summed E-state index contributed by atoms with van der Waals surface area (Å²) in [7, 11) is 0. The molecule has 0 aliphatic carbocycles. The molecule has 0 aliphatic rings. The number of aromatic amines is 3. The maximum Gasteiger partial charge on any atom is 0.136 e. The van der Waals surface area contributed by atoms with E-state index >= 15 is 0 Å². The molecule has 0 radical (unpaired) electrons. The van der Waals surface area contributed by atoms with E-state index in [-0.39, 0.29) is 7.43 Å². The summed E-state index contributed by atoms with van der Waals surface area (Å²) in [6, 6.07) is 16.5. The average molecular weight is 1060 g/mol. The van der Waals surface area contributed by atoms with Crippen molar-refractivity contribution in [3.63, 3.8) is 0 Å². The Bertz CT molecular complexity index is 2350. The first-order chi connectivity index (χ1) is 35.0. The molecule has 0 atom stereocenters. The summed E-state index contributed by atoms with van der Waals surface area (Å²) in [5.41, 5.74) is 22.4. The van der Waals surface area contributed by atoms with Gasteiger partial charge in [-0.3, -0.25) is 35.2 Å². The van der Waals surface area contributed by atoms with E-state index in [1.54, 1.807) is 41.3 Å². The number of thiophene rings is 1. The van der Waals surface area contributed by atoms with Crippen LogP contribution in [-0.4, -0.2) is 60.7 Å². The van der Waals surface area contributed by atoms with Gasteiger partial charge in [-0.2, -0.15) is 15.3 Å². The molecule has 9 aromatic heterocycles. The van der Waals surface area contributed by atoms with E-state index in [4.69, 9.17) is 4.52 Å². The Morgan fingerprint density at radius 1 is 0.360 bits per heavy atom. The number of nitrogens with zero attached hydrogens (tertiary/aromatic N) is 9. The fourth-order valence-corrected chi connectivity index (χ4v) is 5.96. The van der Waals surface area contributed by atoms with E-state index in [9.17, 15) is 0 Å². The van der Waals surface area contributed by atoms with Crippen LogP contribution in [0.25, 0.3) is 0 Å². The van der Waals surface area contributed by atoms with Crippen molar-refractivity contribution in [3.8, 4) is 0 Å². The van der Waals surface area contributed by atoms with Crippen LogP contribution in [0.4, 0.5) is 0 Å². The number of pyridine rings is 2. The van der Waals surface area contributed by atoms with E-state index in [1.807, 2.05) is 138 Å². The Balaban J connectivity index is 0.000000810. The fourth-order valence-electron chi connectivity index (χ4n) is 4.64. The second-order valence-electron chi connectivity index (χ2n) is 17.4. The lowest BCUT2D eigenvalue weighted by molar-refractivity contribution is 0.396. The van der Waals surface area contributed by atoms with Crippen molar-refractivity contribution in [1.29, 1.82) is 0 Å². The largest absolute Gasteiger partial charge is 0.361 e. The van der Waals surface area contributed by atoms with Gasteiger partial charge >= 0.3 is 0 Å². The van der Waals surface area contributed by atoms with Crippen LogP contribution >= 0.6 is 22.7 Å². The predicted octanol–water partition coefficient (Wildman–Crippen LogP) is 15.9. The van der Waals surface area contributed by atoms with Crippen LogP contribution in [-0.2, 0) is 0 Å². The molecular formula is C60H86N12OS2. The number of hydrogen-bond acceptors (Lipinski definition) is 12. The summed E-state index contributed by atoms with van der Waals surface area (Å²) in [6.07, 6.45) is 16.0. The molecule has 0 unspecified atom stereocenters. The molecule has 0 aliphatic heterocycles. The Hall–Kier alpha value is -7.23. The van der Waals surface area contributed by atoms with Gasteiger partial charge < -0.3 is 4.52 Å². The quantitative estimate of drug-likeness (QED) is 0.132. The van der Waals surface area contributed by atoms with Crippen LogP contribution in [0.3, 0.4) is 0 Å². The van der Waals surface area contributed by atoms with Crippen LogP contribution < -0.4 is 0 Å². The van der Waals surface area contributed by atoms with Crippen molar-refractivity contribution in [1.82, 2.24) is 60.7 Å². The van der Waals surface area contributed by atoms with Gasteiger partial charge in [0.05, 0.1) is 47.4 Å². The van der Waals surface area contributed by atoms with Crippen molar-refractivity contribution in [2.75, 3.05) is 0 Å². The Labute approximate surface area is 457 Å². The second-order valence-corrected chi connectivity index (χ2v) is 19.6. The van der Waals surface area contributed by atoms with Crippen molar-refractivity contribution < 1.29 is 4.52 Å². The molecule has 10 aromatic rings. The number of hydrogen-bond donors (Lipinski definition) is 3. The second kappa shape index (κ2) is 38.4.